The highest BCUT2D eigenvalue weighted by Gasteiger charge is 2.24. The average molecular weight is 565 g/mol. The van der Waals surface area contributed by atoms with Crippen LogP contribution in [0.15, 0.2) is 78.9 Å². The highest BCUT2D eigenvalue weighted by Crippen LogP contribution is 2.24. The Bertz CT molecular complexity index is 1310. The topological polar surface area (TPSA) is 99.8 Å². The standard InChI is InChI=1S/C31H40N4O4S/c1-3-30(31(36)32-20-17-24-7-5-4-6-8-24)33-26-18-21-35(22-19-26)23-25-9-13-28(14-10-25)39-29-15-11-27(12-16-29)34-40(2,37)38/h4-16,26,30,33-34H,3,17-23H2,1-2H3,(H,32,36). The first-order valence-electron chi connectivity index (χ1n) is 13.9. The van der Waals surface area contributed by atoms with E-state index in [0.717, 1.165) is 57.3 Å². The summed E-state index contributed by atoms with van der Waals surface area (Å²) >= 11 is 0. The molecule has 214 valence electrons. The van der Waals surface area contributed by atoms with Crippen LogP contribution in [0.3, 0.4) is 0 Å². The van der Waals surface area contributed by atoms with Crippen LogP contribution in [0, 0.1) is 0 Å². The van der Waals surface area contributed by atoms with E-state index in [1.54, 1.807) is 24.3 Å². The first-order valence-corrected chi connectivity index (χ1v) is 15.8. The maximum Gasteiger partial charge on any atom is 0.237 e. The predicted octanol–water partition coefficient (Wildman–Crippen LogP) is 4.54. The van der Waals surface area contributed by atoms with Crippen LogP contribution >= 0.6 is 0 Å². The number of hydrogen-bond donors (Lipinski definition) is 3. The van der Waals surface area contributed by atoms with Crippen LogP contribution in [0.25, 0.3) is 0 Å². The number of hydrogen-bond acceptors (Lipinski definition) is 6. The summed E-state index contributed by atoms with van der Waals surface area (Å²) < 4.78 is 31.1. The van der Waals surface area contributed by atoms with Crippen LogP contribution in [0.2, 0.25) is 0 Å². The Labute approximate surface area is 238 Å². The van der Waals surface area contributed by atoms with Crippen molar-refractivity contribution in [3.8, 4) is 11.5 Å². The third kappa shape index (κ3) is 9.66. The molecule has 3 N–H and O–H groups in total. The van der Waals surface area contributed by atoms with E-state index >= 15 is 0 Å². The number of sulfonamides is 1. The molecule has 8 nitrogen and oxygen atoms in total. The summed E-state index contributed by atoms with van der Waals surface area (Å²) in [4.78, 5) is 15.2. The molecule has 0 aliphatic carbocycles. The summed E-state index contributed by atoms with van der Waals surface area (Å²) in [7, 11) is -3.31. The lowest BCUT2D eigenvalue weighted by Crippen LogP contribution is -2.51. The third-order valence-corrected chi connectivity index (χ3v) is 7.63. The molecule has 9 heteroatoms. The normalized spacial score (nSPS) is 15.3. The lowest BCUT2D eigenvalue weighted by molar-refractivity contribution is -0.123. The average Bonchev–Trinajstić information content (AvgIpc) is 2.94. The minimum absolute atomic E-state index is 0.0877. The molecule has 1 fully saturated rings. The molecule has 1 aliphatic heterocycles. The van der Waals surface area contributed by atoms with E-state index in [2.05, 4.69) is 51.4 Å². The number of amides is 1. The van der Waals surface area contributed by atoms with E-state index in [4.69, 9.17) is 4.74 Å². The largest absolute Gasteiger partial charge is 0.457 e. The molecular weight excluding hydrogens is 524 g/mol. The number of piperidine rings is 1. The van der Waals surface area contributed by atoms with Gasteiger partial charge in [0.15, 0.2) is 0 Å². The number of carbonyl (C=O) groups is 1. The van der Waals surface area contributed by atoms with Crippen molar-refractivity contribution in [3.05, 3.63) is 90.0 Å². The molecule has 3 aromatic rings. The van der Waals surface area contributed by atoms with Gasteiger partial charge in [-0.05, 0) is 86.3 Å². The van der Waals surface area contributed by atoms with Gasteiger partial charge in [-0.3, -0.25) is 14.4 Å². The number of carbonyl (C=O) groups excluding carboxylic acids is 1. The molecule has 1 amide bonds. The lowest BCUT2D eigenvalue weighted by atomic mass is 10.0. The van der Waals surface area contributed by atoms with Gasteiger partial charge in [0.1, 0.15) is 11.5 Å². The summed E-state index contributed by atoms with van der Waals surface area (Å²) in [6.07, 6.45) is 4.76. The molecular formula is C31H40N4O4S. The Kier molecular flexibility index (Phi) is 10.6. The molecule has 1 heterocycles. The number of nitrogens with zero attached hydrogens (tertiary/aromatic N) is 1. The van der Waals surface area contributed by atoms with Gasteiger partial charge in [0, 0.05) is 24.8 Å². The van der Waals surface area contributed by atoms with Gasteiger partial charge >= 0.3 is 0 Å². The monoisotopic (exact) mass is 564 g/mol. The van der Waals surface area contributed by atoms with E-state index in [1.807, 2.05) is 30.3 Å². The van der Waals surface area contributed by atoms with Crippen LogP contribution in [0.4, 0.5) is 5.69 Å². The van der Waals surface area contributed by atoms with Crippen molar-refractivity contribution < 1.29 is 17.9 Å². The molecule has 4 rings (SSSR count). The Morgan fingerprint density at radius 3 is 2.15 bits per heavy atom. The van der Waals surface area contributed by atoms with Crippen molar-refractivity contribution in [1.82, 2.24) is 15.5 Å². The molecule has 0 bridgehead atoms. The minimum atomic E-state index is -3.31. The van der Waals surface area contributed by atoms with Gasteiger partial charge in [0.2, 0.25) is 15.9 Å². The van der Waals surface area contributed by atoms with Crippen molar-refractivity contribution >= 4 is 21.6 Å². The number of nitrogens with one attached hydrogen (secondary N) is 3. The first kappa shape index (κ1) is 29.6. The van der Waals surface area contributed by atoms with E-state index in [0.29, 0.717) is 24.0 Å². The number of ether oxygens (including phenoxy) is 1. The van der Waals surface area contributed by atoms with Crippen LogP contribution in [0.1, 0.15) is 37.3 Å². The van der Waals surface area contributed by atoms with Gasteiger partial charge in [-0.2, -0.15) is 0 Å². The second kappa shape index (κ2) is 14.3. The van der Waals surface area contributed by atoms with Crippen LogP contribution in [-0.2, 0) is 27.8 Å². The van der Waals surface area contributed by atoms with Gasteiger partial charge in [-0.1, -0.05) is 49.4 Å². The predicted molar refractivity (Wildman–Crippen MR) is 160 cm³/mol. The van der Waals surface area contributed by atoms with Crippen LogP contribution in [0.5, 0.6) is 11.5 Å². The highest BCUT2D eigenvalue weighted by molar-refractivity contribution is 7.92. The Morgan fingerprint density at radius 2 is 1.55 bits per heavy atom. The Morgan fingerprint density at radius 1 is 0.925 bits per heavy atom. The Balaban J connectivity index is 1.17. The zero-order chi connectivity index (χ0) is 28.4. The maximum atomic E-state index is 12.7. The van der Waals surface area contributed by atoms with Gasteiger partial charge < -0.3 is 15.4 Å². The van der Waals surface area contributed by atoms with Crippen molar-refractivity contribution in [1.29, 1.82) is 0 Å². The zero-order valence-corrected chi connectivity index (χ0v) is 24.1. The van der Waals surface area contributed by atoms with Crippen LogP contribution in [-0.4, -0.2) is 57.2 Å². The van der Waals surface area contributed by atoms with Gasteiger partial charge in [-0.15, -0.1) is 0 Å². The quantitative estimate of drug-likeness (QED) is 0.282. The molecule has 1 atom stereocenters. The van der Waals surface area contributed by atoms with E-state index < -0.39 is 10.0 Å². The van der Waals surface area contributed by atoms with Gasteiger partial charge in [0.25, 0.3) is 0 Å². The zero-order valence-electron chi connectivity index (χ0n) is 23.3. The molecule has 1 unspecified atom stereocenters. The first-order chi connectivity index (χ1) is 19.3. The van der Waals surface area contributed by atoms with Gasteiger partial charge in [0.05, 0.1) is 12.3 Å². The summed E-state index contributed by atoms with van der Waals surface area (Å²) in [5.74, 6) is 1.45. The summed E-state index contributed by atoms with van der Waals surface area (Å²) in [6.45, 7) is 5.54. The van der Waals surface area contributed by atoms with E-state index in [-0.39, 0.29) is 11.9 Å². The van der Waals surface area contributed by atoms with E-state index in [1.165, 1.54) is 11.1 Å². The number of rotatable bonds is 13. The fourth-order valence-electron chi connectivity index (χ4n) is 4.88. The van der Waals surface area contributed by atoms with Crippen LogP contribution < -0.4 is 20.1 Å². The van der Waals surface area contributed by atoms with Crippen molar-refractivity contribution in [2.24, 2.45) is 0 Å². The fourth-order valence-corrected chi connectivity index (χ4v) is 5.45. The third-order valence-electron chi connectivity index (χ3n) is 7.03. The molecule has 0 spiro atoms. The maximum absolute atomic E-state index is 12.7. The minimum Gasteiger partial charge on any atom is -0.457 e. The molecule has 0 saturated carbocycles. The molecule has 1 saturated heterocycles. The second-order valence-corrected chi connectivity index (χ2v) is 12.1. The summed E-state index contributed by atoms with van der Waals surface area (Å²) in [5, 5.41) is 6.69. The lowest BCUT2D eigenvalue weighted by Gasteiger charge is -2.34. The SMILES string of the molecule is CCC(NC1CCN(Cc2ccc(Oc3ccc(NS(C)(=O)=O)cc3)cc2)CC1)C(=O)NCCc1ccccc1. The molecule has 40 heavy (non-hydrogen) atoms. The summed E-state index contributed by atoms with van der Waals surface area (Å²) in [5.41, 5.74) is 2.95. The molecule has 3 aromatic carbocycles. The van der Waals surface area contributed by atoms with Crippen molar-refractivity contribution in [2.75, 3.05) is 30.6 Å². The molecule has 0 aromatic heterocycles. The molecule has 1 aliphatic rings. The number of anilines is 1. The molecule has 0 radical (unpaired) electrons. The van der Waals surface area contributed by atoms with E-state index in [9.17, 15) is 13.2 Å². The smallest absolute Gasteiger partial charge is 0.237 e. The van der Waals surface area contributed by atoms with Crippen molar-refractivity contribution in [2.45, 2.75) is 51.2 Å². The summed E-state index contributed by atoms with van der Waals surface area (Å²) in [6, 6.07) is 25.3. The fraction of sp³-hybridized carbons (Fsp3) is 0.387. The van der Waals surface area contributed by atoms with Gasteiger partial charge in [-0.25, -0.2) is 8.42 Å². The Hall–Kier alpha value is -3.40. The second-order valence-electron chi connectivity index (χ2n) is 10.3. The number of benzene rings is 3. The highest BCUT2D eigenvalue weighted by atomic mass is 32.2. The van der Waals surface area contributed by atoms with Crippen molar-refractivity contribution in [3.63, 3.8) is 0 Å². The number of likely N-dealkylation sites (tertiary alicyclic amines) is 1.